The van der Waals surface area contributed by atoms with E-state index in [1.54, 1.807) is 0 Å². The minimum Gasteiger partial charge on any atom is -0.385 e. The number of hydrogen-bond donors (Lipinski definition) is 1. The van der Waals surface area contributed by atoms with E-state index in [4.69, 9.17) is 16.3 Å². The molecule has 0 bridgehead atoms. The molecule has 0 fully saturated rings. The van der Waals surface area contributed by atoms with Crippen molar-refractivity contribution in [2.75, 3.05) is 20.3 Å². The maximum absolute atomic E-state index is 12.7. The van der Waals surface area contributed by atoms with Gasteiger partial charge < -0.3 is 10.1 Å². The number of methoxy groups -OCH3 is 1. The van der Waals surface area contributed by atoms with Crippen molar-refractivity contribution in [1.82, 2.24) is 15.1 Å². The predicted molar refractivity (Wildman–Crippen MR) is 71.2 cm³/mol. The van der Waals surface area contributed by atoms with Crippen molar-refractivity contribution in [3.05, 3.63) is 16.4 Å². The van der Waals surface area contributed by atoms with E-state index in [9.17, 15) is 18.0 Å². The standard InChI is InChI=1S/C12H17ClF3N3O2/c1-7-9(13)10(12(14,15)16)18-19(7)8(2)11(20)17-5-4-6-21-3/h8H,4-6H2,1-3H3,(H,17,20). The summed E-state index contributed by atoms with van der Waals surface area (Å²) in [6.07, 6.45) is -4.04. The Hall–Kier alpha value is -1.28. The van der Waals surface area contributed by atoms with Gasteiger partial charge in [-0.25, -0.2) is 0 Å². The highest BCUT2D eigenvalue weighted by Gasteiger charge is 2.39. The average molecular weight is 328 g/mol. The van der Waals surface area contributed by atoms with Crippen LogP contribution in [0.5, 0.6) is 0 Å². The molecular weight excluding hydrogens is 311 g/mol. The van der Waals surface area contributed by atoms with Gasteiger partial charge in [0.2, 0.25) is 5.91 Å². The highest BCUT2D eigenvalue weighted by molar-refractivity contribution is 6.32. The molecule has 0 aliphatic heterocycles. The van der Waals surface area contributed by atoms with Crippen molar-refractivity contribution >= 4 is 17.5 Å². The van der Waals surface area contributed by atoms with Crippen molar-refractivity contribution in [1.29, 1.82) is 0 Å². The Bertz CT molecular complexity index is 503. The van der Waals surface area contributed by atoms with Gasteiger partial charge in [-0.1, -0.05) is 11.6 Å². The van der Waals surface area contributed by atoms with Gasteiger partial charge in [0.05, 0.1) is 10.7 Å². The molecule has 1 aromatic rings. The van der Waals surface area contributed by atoms with Crippen LogP contribution >= 0.6 is 11.6 Å². The molecule has 1 amide bonds. The first kappa shape index (κ1) is 17.8. The second-order valence-corrected chi connectivity index (χ2v) is 4.88. The van der Waals surface area contributed by atoms with Gasteiger partial charge in [0.1, 0.15) is 6.04 Å². The molecule has 0 saturated heterocycles. The number of carbonyl (C=O) groups is 1. The summed E-state index contributed by atoms with van der Waals surface area (Å²) in [5.41, 5.74) is -1.08. The van der Waals surface area contributed by atoms with Crippen molar-refractivity contribution in [2.45, 2.75) is 32.5 Å². The van der Waals surface area contributed by atoms with Crippen molar-refractivity contribution in [3.8, 4) is 0 Å². The number of carbonyl (C=O) groups excluding carboxylic acids is 1. The molecule has 0 saturated carbocycles. The van der Waals surface area contributed by atoms with Crippen molar-refractivity contribution < 1.29 is 22.7 Å². The van der Waals surface area contributed by atoms with E-state index in [2.05, 4.69) is 10.4 Å². The molecule has 1 aromatic heterocycles. The third-order valence-corrected chi connectivity index (χ3v) is 3.37. The van der Waals surface area contributed by atoms with E-state index in [0.717, 1.165) is 4.68 Å². The normalized spacial score (nSPS) is 13.3. The van der Waals surface area contributed by atoms with E-state index < -0.39 is 28.8 Å². The zero-order chi connectivity index (χ0) is 16.2. The lowest BCUT2D eigenvalue weighted by Crippen LogP contribution is -2.33. The number of nitrogens with zero attached hydrogens (tertiary/aromatic N) is 2. The highest BCUT2D eigenvalue weighted by Crippen LogP contribution is 2.36. The van der Waals surface area contributed by atoms with E-state index in [0.29, 0.717) is 19.6 Å². The third kappa shape index (κ3) is 4.34. The van der Waals surface area contributed by atoms with Gasteiger partial charge in [-0.2, -0.15) is 18.3 Å². The Kier molecular flexibility index (Phi) is 6.03. The molecule has 1 N–H and O–H groups in total. The number of hydrogen-bond acceptors (Lipinski definition) is 3. The van der Waals surface area contributed by atoms with Crippen LogP contribution in [0.1, 0.15) is 30.8 Å². The molecule has 0 aliphatic carbocycles. The van der Waals surface area contributed by atoms with Gasteiger partial charge in [-0.05, 0) is 20.3 Å². The van der Waals surface area contributed by atoms with Crippen LogP contribution in [0.4, 0.5) is 13.2 Å². The summed E-state index contributed by atoms with van der Waals surface area (Å²) in [5, 5.41) is 5.54. The highest BCUT2D eigenvalue weighted by atomic mass is 35.5. The topological polar surface area (TPSA) is 56.1 Å². The van der Waals surface area contributed by atoms with Gasteiger partial charge in [0.25, 0.3) is 0 Å². The Labute approximate surface area is 125 Å². The van der Waals surface area contributed by atoms with Crippen LogP contribution in [-0.4, -0.2) is 35.9 Å². The molecule has 0 radical (unpaired) electrons. The second-order valence-electron chi connectivity index (χ2n) is 4.50. The van der Waals surface area contributed by atoms with Crippen LogP contribution in [-0.2, 0) is 15.7 Å². The fourth-order valence-electron chi connectivity index (χ4n) is 1.74. The molecule has 0 spiro atoms. The Morgan fingerprint density at radius 1 is 1.52 bits per heavy atom. The fourth-order valence-corrected chi connectivity index (χ4v) is 1.98. The zero-order valence-corrected chi connectivity index (χ0v) is 12.7. The molecule has 1 atom stereocenters. The van der Waals surface area contributed by atoms with E-state index in [-0.39, 0.29) is 5.69 Å². The number of rotatable bonds is 6. The van der Waals surface area contributed by atoms with Gasteiger partial charge >= 0.3 is 6.18 Å². The van der Waals surface area contributed by atoms with Crippen LogP contribution in [0, 0.1) is 6.92 Å². The summed E-state index contributed by atoms with van der Waals surface area (Å²) in [4.78, 5) is 11.9. The molecule has 1 unspecified atom stereocenters. The smallest absolute Gasteiger partial charge is 0.385 e. The molecule has 1 rings (SSSR count). The zero-order valence-electron chi connectivity index (χ0n) is 11.9. The SMILES string of the molecule is COCCCNC(=O)C(C)n1nc(C(F)(F)F)c(Cl)c1C. The van der Waals surface area contributed by atoms with E-state index >= 15 is 0 Å². The Morgan fingerprint density at radius 3 is 2.62 bits per heavy atom. The lowest BCUT2D eigenvalue weighted by Gasteiger charge is -2.14. The van der Waals surface area contributed by atoms with E-state index in [1.807, 2.05) is 0 Å². The van der Waals surface area contributed by atoms with Crippen molar-refractivity contribution in [3.63, 3.8) is 0 Å². The third-order valence-electron chi connectivity index (χ3n) is 2.92. The Balaban J connectivity index is 2.83. The number of nitrogens with one attached hydrogen (secondary N) is 1. The lowest BCUT2D eigenvalue weighted by molar-refractivity contribution is -0.141. The van der Waals surface area contributed by atoms with Crippen LogP contribution in [0.2, 0.25) is 5.02 Å². The number of halogens is 4. The van der Waals surface area contributed by atoms with Gasteiger partial charge in [-0.3, -0.25) is 9.48 Å². The molecule has 5 nitrogen and oxygen atoms in total. The first-order valence-corrected chi connectivity index (χ1v) is 6.66. The molecule has 120 valence electrons. The van der Waals surface area contributed by atoms with Crippen molar-refractivity contribution in [2.24, 2.45) is 0 Å². The molecular formula is C12H17ClF3N3O2. The summed E-state index contributed by atoms with van der Waals surface area (Å²) >= 11 is 5.64. The minimum absolute atomic E-state index is 0.100. The van der Waals surface area contributed by atoms with Gasteiger partial charge in [0.15, 0.2) is 5.69 Å². The molecule has 0 aliphatic rings. The number of ether oxygens (including phenoxy) is 1. The number of aromatic nitrogens is 2. The summed E-state index contributed by atoms with van der Waals surface area (Å²) < 4.78 is 44.0. The van der Waals surface area contributed by atoms with Gasteiger partial charge in [0, 0.05) is 20.3 Å². The van der Waals surface area contributed by atoms with Crippen LogP contribution < -0.4 is 5.32 Å². The van der Waals surface area contributed by atoms with Crippen LogP contribution in [0.15, 0.2) is 0 Å². The molecule has 1 heterocycles. The fraction of sp³-hybridized carbons (Fsp3) is 0.667. The maximum atomic E-state index is 12.7. The lowest BCUT2D eigenvalue weighted by atomic mass is 10.3. The molecule has 0 aromatic carbocycles. The van der Waals surface area contributed by atoms with Crippen LogP contribution in [0.25, 0.3) is 0 Å². The van der Waals surface area contributed by atoms with E-state index in [1.165, 1.54) is 21.0 Å². The summed E-state index contributed by atoms with van der Waals surface area (Å²) in [6, 6.07) is -0.888. The monoisotopic (exact) mass is 327 g/mol. The summed E-state index contributed by atoms with van der Waals surface area (Å²) in [5.74, 6) is -0.429. The summed E-state index contributed by atoms with van der Waals surface area (Å²) in [7, 11) is 1.54. The second kappa shape index (κ2) is 7.13. The summed E-state index contributed by atoms with van der Waals surface area (Å²) in [6.45, 7) is 3.71. The minimum atomic E-state index is -4.65. The molecule has 21 heavy (non-hydrogen) atoms. The first-order chi connectivity index (χ1) is 9.70. The first-order valence-electron chi connectivity index (χ1n) is 6.28. The van der Waals surface area contributed by atoms with Crippen LogP contribution in [0.3, 0.4) is 0 Å². The largest absolute Gasteiger partial charge is 0.436 e. The maximum Gasteiger partial charge on any atom is 0.436 e. The number of amides is 1. The Morgan fingerprint density at radius 2 is 2.14 bits per heavy atom. The van der Waals surface area contributed by atoms with Gasteiger partial charge in [-0.15, -0.1) is 0 Å². The number of alkyl halides is 3. The predicted octanol–water partition coefficient (Wildman–Crippen LogP) is 2.58. The quantitative estimate of drug-likeness (QED) is 0.817. The average Bonchev–Trinajstić information content (AvgIpc) is 2.70. The molecule has 9 heteroatoms.